The van der Waals surface area contributed by atoms with Crippen LogP contribution in [-0.2, 0) is 4.79 Å². The molecule has 1 saturated heterocycles. The van der Waals surface area contributed by atoms with Crippen molar-refractivity contribution in [1.29, 1.82) is 0 Å². The number of hydrogen-bond acceptors (Lipinski definition) is 6. The molecule has 1 saturated carbocycles. The number of anilines is 1. The predicted molar refractivity (Wildman–Crippen MR) is 90.7 cm³/mol. The topological polar surface area (TPSA) is 80.1 Å². The average molecular weight is 355 g/mol. The van der Waals surface area contributed by atoms with Gasteiger partial charge in [-0.2, -0.15) is 0 Å². The number of nitrogens with zero attached hydrogens (tertiary/aromatic N) is 2. The zero-order chi connectivity index (χ0) is 15.0. The summed E-state index contributed by atoms with van der Waals surface area (Å²) in [6.45, 7) is 1.72. The van der Waals surface area contributed by atoms with Crippen molar-refractivity contribution in [1.82, 2.24) is 15.5 Å². The van der Waals surface area contributed by atoms with E-state index in [1.165, 1.54) is 17.8 Å². The van der Waals surface area contributed by atoms with Gasteiger partial charge in [0.2, 0.25) is 11.0 Å². The fraction of sp³-hybridized carbons (Fsp3) is 0.533. The lowest BCUT2D eigenvalue weighted by Crippen LogP contribution is -2.44. The minimum atomic E-state index is -0.269. The van der Waals surface area contributed by atoms with Crippen molar-refractivity contribution in [3.8, 4) is 10.8 Å². The average Bonchev–Trinajstić information content (AvgIpc) is 3.27. The number of rotatable bonds is 3. The summed E-state index contributed by atoms with van der Waals surface area (Å²) in [4.78, 5) is 12.8. The molecular formula is C15H19ClN4O2S. The molecule has 0 bridgehead atoms. The van der Waals surface area contributed by atoms with Crippen LogP contribution < -0.4 is 10.6 Å². The van der Waals surface area contributed by atoms with Crippen LogP contribution in [0.5, 0.6) is 0 Å². The van der Waals surface area contributed by atoms with Crippen LogP contribution >= 0.6 is 23.7 Å². The van der Waals surface area contributed by atoms with E-state index in [0.717, 1.165) is 32.4 Å². The van der Waals surface area contributed by atoms with E-state index in [1.54, 1.807) is 6.26 Å². The molecule has 124 valence electrons. The molecule has 6 nitrogen and oxygen atoms in total. The van der Waals surface area contributed by atoms with E-state index >= 15 is 0 Å². The molecule has 1 amide bonds. The Balaban J connectivity index is 0.00000156. The second-order valence-corrected chi connectivity index (χ2v) is 7.05. The zero-order valence-electron chi connectivity index (χ0n) is 12.6. The van der Waals surface area contributed by atoms with Gasteiger partial charge in [-0.25, -0.2) is 0 Å². The summed E-state index contributed by atoms with van der Waals surface area (Å²) in [6, 6.07) is 3.65. The molecule has 1 aliphatic carbocycles. The molecule has 0 radical (unpaired) electrons. The maximum Gasteiger partial charge on any atom is 0.234 e. The molecule has 0 unspecified atom stereocenters. The summed E-state index contributed by atoms with van der Waals surface area (Å²) in [6.07, 6.45) is 6.04. The molecule has 1 aliphatic heterocycles. The number of aromatic nitrogens is 2. The lowest BCUT2D eigenvalue weighted by Gasteiger charge is -2.36. The second kappa shape index (κ2) is 6.59. The first-order valence-corrected chi connectivity index (χ1v) is 8.49. The van der Waals surface area contributed by atoms with Gasteiger partial charge in [0.15, 0.2) is 10.8 Å². The van der Waals surface area contributed by atoms with Crippen molar-refractivity contribution in [3.63, 3.8) is 0 Å². The predicted octanol–water partition coefficient (Wildman–Crippen LogP) is 2.94. The fourth-order valence-electron chi connectivity index (χ4n) is 3.69. The van der Waals surface area contributed by atoms with E-state index in [-0.39, 0.29) is 23.7 Å². The van der Waals surface area contributed by atoms with Gasteiger partial charge in [0.25, 0.3) is 0 Å². The van der Waals surface area contributed by atoms with Crippen molar-refractivity contribution in [2.45, 2.75) is 25.7 Å². The second-order valence-electron chi connectivity index (χ2n) is 6.07. The van der Waals surface area contributed by atoms with Crippen LogP contribution in [0.4, 0.5) is 5.13 Å². The fourth-order valence-corrected chi connectivity index (χ4v) is 4.39. The first kappa shape index (κ1) is 16.4. The molecule has 0 spiro atoms. The van der Waals surface area contributed by atoms with E-state index in [2.05, 4.69) is 20.8 Å². The maximum atomic E-state index is 12.8. The molecule has 2 aliphatic rings. The number of halogens is 1. The molecule has 2 aromatic rings. The molecule has 0 aromatic carbocycles. The Morgan fingerprint density at radius 3 is 3.17 bits per heavy atom. The first-order valence-electron chi connectivity index (χ1n) is 7.67. The van der Waals surface area contributed by atoms with Crippen molar-refractivity contribution < 1.29 is 9.21 Å². The summed E-state index contributed by atoms with van der Waals surface area (Å²) in [7, 11) is 0. The summed E-state index contributed by atoms with van der Waals surface area (Å²) in [5, 5.41) is 15.8. The third kappa shape index (κ3) is 2.88. The standard InChI is InChI=1S/C15H18N4O2S.ClH/c20-13(15-6-2-1-4-10(15)8-16-9-15)17-14-19-18-12(22-14)11-5-3-7-21-11;/h3,5,7,10,16H,1-2,4,6,8-9H2,(H,17,19,20);1H/t10-,15+;/m0./s1. The highest BCUT2D eigenvalue weighted by Crippen LogP contribution is 2.44. The normalized spacial score (nSPS) is 26.3. The number of carbonyl (C=O) groups excluding carboxylic acids is 1. The van der Waals surface area contributed by atoms with Crippen molar-refractivity contribution in [2.24, 2.45) is 11.3 Å². The van der Waals surface area contributed by atoms with Crippen LogP contribution in [0.3, 0.4) is 0 Å². The van der Waals surface area contributed by atoms with Gasteiger partial charge in [-0.1, -0.05) is 24.2 Å². The largest absolute Gasteiger partial charge is 0.462 e. The minimum Gasteiger partial charge on any atom is -0.462 e. The third-order valence-electron chi connectivity index (χ3n) is 4.87. The third-order valence-corrected chi connectivity index (χ3v) is 5.72. The van der Waals surface area contributed by atoms with Crippen LogP contribution in [0.2, 0.25) is 0 Å². The Morgan fingerprint density at radius 1 is 1.43 bits per heavy atom. The lowest BCUT2D eigenvalue weighted by atomic mass is 9.68. The Bertz CT molecular complexity index is 675. The SMILES string of the molecule is Cl.O=C(Nc1nnc(-c2ccco2)s1)[C@@]12CCCC[C@H]1CNC2. The van der Waals surface area contributed by atoms with Crippen LogP contribution in [0.25, 0.3) is 10.8 Å². The molecular weight excluding hydrogens is 336 g/mol. The van der Waals surface area contributed by atoms with E-state index in [0.29, 0.717) is 21.8 Å². The smallest absolute Gasteiger partial charge is 0.234 e. The van der Waals surface area contributed by atoms with Crippen LogP contribution in [-0.4, -0.2) is 29.2 Å². The highest BCUT2D eigenvalue weighted by atomic mass is 35.5. The monoisotopic (exact) mass is 354 g/mol. The highest BCUT2D eigenvalue weighted by Gasteiger charge is 2.50. The summed E-state index contributed by atoms with van der Waals surface area (Å²) in [5.74, 6) is 1.21. The molecule has 2 N–H and O–H groups in total. The number of fused-ring (bicyclic) bond motifs is 1. The molecule has 23 heavy (non-hydrogen) atoms. The van der Waals surface area contributed by atoms with Crippen molar-refractivity contribution in [2.75, 3.05) is 18.4 Å². The number of furan rings is 1. The number of nitrogens with one attached hydrogen (secondary N) is 2. The van der Waals surface area contributed by atoms with E-state index in [4.69, 9.17) is 4.42 Å². The molecule has 3 heterocycles. The zero-order valence-corrected chi connectivity index (χ0v) is 14.2. The van der Waals surface area contributed by atoms with Gasteiger partial charge in [-0.3, -0.25) is 10.1 Å². The summed E-state index contributed by atoms with van der Waals surface area (Å²) >= 11 is 1.35. The maximum absolute atomic E-state index is 12.8. The minimum absolute atomic E-state index is 0. The molecule has 8 heteroatoms. The highest BCUT2D eigenvalue weighted by molar-refractivity contribution is 7.18. The molecule has 2 fully saturated rings. The molecule has 4 rings (SSSR count). The van der Waals surface area contributed by atoms with Gasteiger partial charge in [0.05, 0.1) is 11.7 Å². The van der Waals surface area contributed by atoms with Crippen molar-refractivity contribution >= 4 is 34.8 Å². The summed E-state index contributed by atoms with van der Waals surface area (Å²) < 4.78 is 5.31. The van der Waals surface area contributed by atoms with Gasteiger partial charge in [0.1, 0.15) is 0 Å². The van der Waals surface area contributed by atoms with Gasteiger partial charge in [-0.05, 0) is 37.4 Å². The lowest BCUT2D eigenvalue weighted by molar-refractivity contribution is -0.128. The van der Waals surface area contributed by atoms with E-state index in [9.17, 15) is 4.79 Å². The van der Waals surface area contributed by atoms with E-state index < -0.39 is 0 Å². The number of hydrogen-bond donors (Lipinski definition) is 2. The Labute approximate surface area is 144 Å². The number of amides is 1. The first-order chi connectivity index (χ1) is 10.8. The molecule has 2 atom stereocenters. The Kier molecular flexibility index (Phi) is 4.70. The van der Waals surface area contributed by atoms with Gasteiger partial charge < -0.3 is 9.73 Å². The van der Waals surface area contributed by atoms with Gasteiger partial charge in [-0.15, -0.1) is 22.6 Å². The van der Waals surface area contributed by atoms with Crippen LogP contribution in [0.1, 0.15) is 25.7 Å². The quantitative estimate of drug-likeness (QED) is 0.885. The Morgan fingerprint density at radius 2 is 2.35 bits per heavy atom. The van der Waals surface area contributed by atoms with Gasteiger partial charge >= 0.3 is 0 Å². The molecule has 2 aromatic heterocycles. The Hall–Kier alpha value is -1.44. The number of carbonyl (C=O) groups is 1. The van der Waals surface area contributed by atoms with Crippen LogP contribution in [0.15, 0.2) is 22.8 Å². The van der Waals surface area contributed by atoms with Gasteiger partial charge in [0, 0.05) is 6.54 Å². The summed E-state index contributed by atoms with van der Waals surface area (Å²) in [5.41, 5.74) is -0.269. The van der Waals surface area contributed by atoms with E-state index in [1.807, 2.05) is 12.1 Å². The van der Waals surface area contributed by atoms with Crippen molar-refractivity contribution in [3.05, 3.63) is 18.4 Å². The van der Waals surface area contributed by atoms with Crippen LogP contribution in [0, 0.1) is 11.3 Å².